The van der Waals surface area contributed by atoms with Gasteiger partial charge in [0, 0.05) is 12.1 Å². The minimum absolute atomic E-state index is 0.0392. The Hall–Kier alpha value is -1.93. The molecule has 2 N–H and O–H groups in total. The lowest BCUT2D eigenvalue weighted by Gasteiger charge is -2.24. The molecule has 0 aromatic heterocycles. The molecule has 134 valence electrons. The fourth-order valence-electron chi connectivity index (χ4n) is 2.31. The molecule has 2 atom stereocenters. The number of sulfonamides is 1. The number of rotatable bonds is 7. The van der Waals surface area contributed by atoms with Crippen molar-refractivity contribution in [3.8, 4) is 0 Å². The van der Waals surface area contributed by atoms with Crippen molar-refractivity contribution in [2.24, 2.45) is 0 Å². The molecule has 0 spiro atoms. The van der Waals surface area contributed by atoms with Crippen molar-refractivity contribution in [2.75, 3.05) is 7.11 Å². The zero-order valence-corrected chi connectivity index (χ0v) is 15.2. The van der Waals surface area contributed by atoms with Crippen molar-refractivity contribution in [3.63, 3.8) is 0 Å². The number of hydrogen-bond acceptors (Lipinski definition) is 4. The predicted octanol–water partition coefficient (Wildman–Crippen LogP) is 2.77. The fourth-order valence-corrected chi connectivity index (χ4v) is 3.66. The molecule has 6 nitrogen and oxygen atoms in total. The molecule has 2 rings (SSSR count). The second-order valence-corrected chi connectivity index (χ2v) is 7.61. The van der Waals surface area contributed by atoms with Crippen LogP contribution in [0.1, 0.15) is 17.2 Å². The quantitative estimate of drug-likeness (QED) is 0.766. The maximum atomic E-state index is 12.7. The Bertz CT molecular complexity index is 834. The number of carboxylic acids is 1. The van der Waals surface area contributed by atoms with Crippen LogP contribution in [-0.2, 0) is 19.6 Å². The van der Waals surface area contributed by atoms with Crippen molar-refractivity contribution in [1.82, 2.24) is 4.72 Å². The first-order valence-electron chi connectivity index (χ1n) is 7.34. The van der Waals surface area contributed by atoms with Crippen LogP contribution in [0.4, 0.5) is 0 Å². The number of nitrogens with one attached hydrogen (secondary N) is 1. The molecule has 8 heteroatoms. The average molecular weight is 384 g/mol. The van der Waals surface area contributed by atoms with Crippen LogP contribution < -0.4 is 4.72 Å². The van der Waals surface area contributed by atoms with Gasteiger partial charge in [-0.1, -0.05) is 41.4 Å². The zero-order chi connectivity index (χ0) is 18.6. The topological polar surface area (TPSA) is 92.7 Å². The lowest BCUT2D eigenvalue weighted by atomic mass is 10.0. The SMILES string of the molecule is CO[C@@H](C(=O)O)[C@H](NS(=O)(=O)c1ccc(C)cc1)c1ccc(Cl)cc1. The third kappa shape index (κ3) is 4.79. The summed E-state index contributed by atoms with van der Waals surface area (Å²) < 4.78 is 32.7. The smallest absolute Gasteiger partial charge is 0.334 e. The highest BCUT2D eigenvalue weighted by Gasteiger charge is 2.33. The average Bonchev–Trinajstić information content (AvgIpc) is 2.55. The number of carbonyl (C=O) groups is 1. The van der Waals surface area contributed by atoms with Gasteiger partial charge in [-0.15, -0.1) is 0 Å². The molecule has 0 aliphatic carbocycles. The molecular weight excluding hydrogens is 366 g/mol. The van der Waals surface area contributed by atoms with Crippen LogP contribution in [0.15, 0.2) is 53.4 Å². The van der Waals surface area contributed by atoms with Gasteiger partial charge in [-0.25, -0.2) is 17.9 Å². The number of benzene rings is 2. The predicted molar refractivity (Wildman–Crippen MR) is 94.1 cm³/mol. The van der Waals surface area contributed by atoms with E-state index in [1.54, 1.807) is 36.4 Å². The van der Waals surface area contributed by atoms with E-state index in [-0.39, 0.29) is 4.90 Å². The summed E-state index contributed by atoms with van der Waals surface area (Å²) in [5, 5.41) is 9.83. The van der Waals surface area contributed by atoms with Gasteiger partial charge in [0.15, 0.2) is 6.10 Å². The Balaban J connectivity index is 2.43. The number of hydrogen-bond donors (Lipinski definition) is 2. The van der Waals surface area contributed by atoms with E-state index in [0.717, 1.165) is 5.56 Å². The summed E-state index contributed by atoms with van der Waals surface area (Å²) in [4.78, 5) is 11.5. The highest BCUT2D eigenvalue weighted by atomic mass is 35.5. The molecule has 0 saturated heterocycles. The Morgan fingerprint density at radius 2 is 1.68 bits per heavy atom. The van der Waals surface area contributed by atoms with Crippen molar-refractivity contribution >= 4 is 27.6 Å². The summed E-state index contributed by atoms with van der Waals surface area (Å²) in [7, 11) is -2.74. The first-order chi connectivity index (χ1) is 11.7. The number of ether oxygens (including phenoxy) is 1. The van der Waals surface area contributed by atoms with Crippen LogP contribution in [0.25, 0.3) is 0 Å². The third-order valence-electron chi connectivity index (χ3n) is 3.64. The third-order valence-corrected chi connectivity index (χ3v) is 5.35. The van der Waals surface area contributed by atoms with Gasteiger partial charge in [-0.3, -0.25) is 0 Å². The number of methoxy groups -OCH3 is 1. The molecule has 0 aliphatic rings. The molecule has 0 amide bonds. The molecule has 0 fully saturated rings. The van der Waals surface area contributed by atoms with E-state index >= 15 is 0 Å². The molecule has 0 bridgehead atoms. The van der Waals surface area contributed by atoms with Crippen LogP contribution in [0.2, 0.25) is 5.02 Å². The van der Waals surface area contributed by atoms with Crippen LogP contribution in [0, 0.1) is 6.92 Å². The van der Waals surface area contributed by atoms with Crippen molar-refractivity contribution < 1.29 is 23.1 Å². The van der Waals surface area contributed by atoms with Crippen LogP contribution in [-0.4, -0.2) is 32.7 Å². The molecule has 0 radical (unpaired) electrons. The Labute approximate surface area is 151 Å². The van der Waals surface area contributed by atoms with Crippen molar-refractivity contribution in [2.45, 2.75) is 24.0 Å². The maximum absolute atomic E-state index is 12.7. The van der Waals surface area contributed by atoms with Gasteiger partial charge in [0.1, 0.15) is 0 Å². The second kappa shape index (κ2) is 7.97. The van der Waals surface area contributed by atoms with Gasteiger partial charge in [0.05, 0.1) is 10.9 Å². The number of aryl methyl sites for hydroxylation is 1. The zero-order valence-electron chi connectivity index (χ0n) is 13.6. The van der Waals surface area contributed by atoms with E-state index in [4.69, 9.17) is 16.3 Å². The molecular formula is C17H18ClNO5S. The van der Waals surface area contributed by atoms with Gasteiger partial charge in [0.25, 0.3) is 0 Å². The van der Waals surface area contributed by atoms with Crippen molar-refractivity contribution in [3.05, 3.63) is 64.7 Å². The number of aliphatic carboxylic acids is 1. The molecule has 0 heterocycles. The monoisotopic (exact) mass is 383 g/mol. The summed E-state index contributed by atoms with van der Waals surface area (Å²) in [5.41, 5.74) is 1.34. The summed E-state index contributed by atoms with van der Waals surface area (Å²) >= 11 is 5.85. The highest BCUT2D eigenvalue weighted by molar-refractivity contribution is 7.89. The van der Waals surface area contributed by atoms with E-state index in [1.165, 1.54) is 19.2 Å². The summed E-state index contributed by atoms with van der Waals surface area (Å²) in [5.74, 6) is -1.28. The van der Waals surface area contributed by atoms with Crippen LogP contribution in [0.5, 0.6) is 0 Å². The van der Waals surface area contributed by atoms with E-state index < -0.39 is 28.1 Å². The summed E-state index contributed by atoms with van der Waals surface area (Å²) in [6.07, 6.45) is -1.40. The van der Waals surface area contributed by atoms with Gasteiger partial charge in [-0.05, 0) is 36.8 Å². The molecule has 2 aromatic carbocycles. The van der Waals surface area contributed by atoms with Gasteiger partial charge < -0.3 is 9.84 Å². The lowest BCUT2D eigenvalue weighted by molar-refractivity contribution is -0.150. The minimum Gasteiger partial charge on any atom is -0.479 e. The van der Waals surface area contributed by atoms with Gasteiger partial charge >= 0.3 is 5.97 Å². The molecule has 0 unspecified atom stereocenters. The molecule has 0 saturated carbocycles. The van der Waals surface area contributed by atoms with Crippen LogP contribution in [0.3, 0.4) is 0 Å². The van der Waals surface area contributed by atoms with E-state index in [9.17, 15) is 18.3 Å². The van der Waals surface area contributed by atoms with Gasteiger partial charge in [0.2, 0.25) is 10.0 Å². The number of halogens is 1. The molecule has 0 aliphatic heterocycles. The van der Waals surface area contributed by atoms with Crippen molar-refractivity contribution in [1.29, 1.82) is 0 Å². The number of carboxylic acid groups (broad SMARTS) is 1. The maximum Gasteiger partial charge on any atom is 0.334 e. The second-order valence-electron chi connectivity index (χ2n) is 5.46. The Kier molecular flexibility index (Phi) is 6.18. The van der Waals surface area contributed by atoms with E-state index in [1.807, 2.05) is 6.92 Å². The summed E-state index contributed by atoms with van der Waals surface area (Å²) in [6.45, 7) is 1.84. The first kappa shape index (κ1) is 19.4. The van der Waals surface area contributed by atoms with E-state index in [2.05, 4.69) is 4.72 Å². The van der Waals surface area contributed by atoms with Crippen LogP contribution >= 0.6 is 11.6 Å². The molecule has 2 aromatic rings. The fraction of sp³-hybridized carbons (Fsp3) is 0.235. The minimum atomic E-state index is -3.95. The largest absolute Gasteiger partial charge is 0.479 e. The molecule has 25 heavy (non-hydrogen) atoms. The normalized spacial score (nSPS) is 14.0. The first-order valence-corrected chi connectivity index (χ1v) is 9.21. The highest BCUT2D eigenvalue weighted by Crippen LogP contribution is 2.24. The van der Waals surface area contributed by atoms with Gasteiger partial charge in [-0.2, -0.15) is 0 Å². The Morgan fingerprint density at radius 1 is 1.12 bits per heavy atom. The standard InChI is InChI=1S/C17H18ClNO5S/c1-11-3-9-14(10-4-11)25(22,23)19-15(16(24-2)17(20)21)12-5-7-13(18)8-6-12/h3-10,15-16,19H,1-2H3,(H,20,21)/t15-,16-/m1/s1. The van der Waals surface area contributed by atoms with E-state index in [0.29, 0.717) is 10.6 Å². The Morgan fingerprint density at radius 3 is 2.16 bits per heavy atom. The summed E-state index contributed by atoms with van der Waals surface area (Å²) in [6, 6.07) is 11.3. The lowest BCUT2D eigenvalue weighted by Crippen LogP contribution is -2.41.